The van der Waals surface area contributed by atoms with Crippen LogP contribution in [0.2, 0.25) is 0 Å². The molecule has 0 aliphatic rings. The highest BCUT2D eigenvalue weighted by Gasteiger charge is 2.06. The predicted molar refractivity (Wildman–Crippen MR) is 63.2 cm³/mol. The van der Waals surface area contributed by atoms with Gasteiger partial charge in [0.05, 0.1) is 6.61 Å². The van der Waals surface area contributed by atoms with Crippen LogP contribution < -0.4 is 5.32 Å². The van der Waals surface area contributed by atoms with Gasteiger partial charge in [0.1, 0.15) is 10.7 Å². The molecule has 0 saturated carbocycles. The molecule has 4 nitrogen and oxygen atoms in total. The lowest BCUT2D eigenvalue weighted by Crippen LogP contribution is -2.03. The number of nitrogens with one attached hydrogen (secondary N) is 1. The lowest BCUT2D eigenvalue weighted by atomic mass is 10.1. The zero-order chi connectivity index (χ0) is 11.1. The maximum absolute atomic E-state index is 5.54. The third kappa shape index (κ3) is 4.57. The van der Waals surface area contributed by atoms with E-state index in [-0.39, 0.29) is 0 Å². The van der Waals surface area contributed by atoms with E-state index in [4.69, 9.17) is 4.74 Å². The van der Waals surface area contributed by atoms with Gasteiger partial charge < -0.3 is 10.1 Å². The Morgan fingerprint density at radius 2 is 2.27 bits per heavy atom. The predicted octanol–water partition coefficient (Wildman–Crippen LogP) is 2.53. The van der Waals surface area contributed by atoms with Crippen LogP contribution in [0.3, 0.4) is 0 Å². The van der Waals surface area contributed by atoms with Gasteiger partial charge >= 0.3 is 0 Å². The molecule has 5 heteroatoms. The fourth-order valence-electron chi connectivity index (χ4n) is 1.09. The third-order valence-corrected chi connectivity index (χ3v) is 2.70. The fraction of sp³-hybridized carbons (Fsp3) is 0.800. The number of rotatable bonds is 7. The van der Waals surface area contributed by atoms with Crippen molar-refractivity contribution in [3.63, 3.8) is 0 Å². The van der Waals surface area contributed by atoms with Gasteiger partial charge in [-0.2, -0.15) is 0 Å². The van der Waals surface area contributed by atoms with Crippen LogP contribution in [0, 0.1) is 5.92 Å². The van der Waals surface area contributed by atoms with Crippen LogP contribution >= 0.6 is 11.5 Å². The minimum absolute atomic E-state index is 0.561. The van der Waals surface area contributed by atoms with Crippen molar-refractivity contribution >= 4 is 16.5 Å². The summed E-state index contributed by atoms with van der Waals surface area (Å²) >= 11 is 1.39. The van der Waals surface area contributed by atoms with E-state index in [1.54, 1.807) is 0 Å². The van der Waals surface area contributed by atoms with Gasteiger partial charge in [-0.3, -0.25) is 0 Å². The summed E-state index contributed by atoms with van der Waals surface area (Å²) in [5.74, 6) is 0.687. The Hall–Kier alpha value is -0.680. The molecule has 0 saturated heterocycles. The standard InChI is InChI=1S/C10H19N3OS/c1-4-11-10-9(12-13-15-10)7-14-6-5-8(2)3/h8,11H,4-7H2,1-3H3. The van der Waals surface area contributed by atoms with E-state index in [1.165, 1.54) is 11.5 Å². The van der Waals surface area contributed by atoms with E-state index in [0.29, 0.717) is 12.5 Å². The summed E-state index contributed by atoms with van der Waals surface area (Å²) < 4.78 is 9.44. The van der Waals surface area contributed by atoms with Crippen LogP contribution in [0.1, 0.15) is 32.9 Å². The molecule has 0 fully saturated rings. The minimum atomic E-state index is 0.561. The van der Waals surface area contributed by atoms with Crippen molar-refractivity contribution in [3.8, 4) is 0 Å². The van der Waals surface area contributed by atoms with Gasteiger partial charge in [-0.15, -0.1) is 5.10 Å². The molecule has 0 unspecified atom stereocenters. The summed E-state index contributed by atoms with van der Waals surface area (Å²) in [5.41, 5.74) is 0.922. The highest BCUT2D eigenvalue weighted by Crippen LogP contribution is 2.18. The number of anilines is 1. The fourth-order valence-corrected chi connectivity index (χ4v) is 1.72. The first-order valence-corrected chi connectivity index (χ1v) is 6.14. The van der Waals surface area contributed by atoms with Crippen LogP contribution in [0.5, 0.6) is 0 Å². The van der Waals surface area contributed by atoms with Crippen LogP contribution in [-0.2, 0) is 11.3 Å². The van der Waals surface area contributed by atoms with Crippen molar-refractivity contribution in [2.45, 2.75) is 33.8 Å². The van der Waals surface area contributed by atoms with E-state index in [1.807, 2.05) is 0 Å². The molecular formula is C10H19N3OS. The molecule has 15 heavy (non-hydrogen) atoms. The molecule has 1 N–H and O–H groups in total. The summed E-state index contributed by atoms with van der Waals surface area (Å²) in [6.45, 7) is 8.69. The average Bonchev–Trinajstić information content (AvgIpc) is 2.61. The smallest absolute Gasteiger partial charge is 0.135 e. The van der Waals surface area contributed by atoms with Crippen LogP contribution in [0.25, 0.3) is 0 Å². The first-order chi connectivity index (χ1) is 7.24. The van der Waals surface area contributed by atoms with Crippen molar-refractivity contribution < 1.29 is 4.74 Å². The van der Waals surface area contributed by atoms with Gasteiger partial charge in [0.15, 0.2) is 0 Å². The van der Waals surface area contributed by atoms with E-state index in [2.05, 4.69) is 35.7 Å². The Kier molecular flexibility index (Phi) is 5.57. The zero-order valence-corrected chi connectivity index (χ0v) is 10.4. The normalized spacial score (nSPS) is 10.9. The number of nitrogens with zero attached hydrogens (tertiary/aromatic N) is 2. The molecule has 1 heterocycles. The maximum atomic E-state index is 5.54. The maximum Gasteiger partial charge on any atom is 0.135 e. The molecule has 1 rings (SSSR count). The van der Waals surface area contributed by atoms with Gasteiger partial charge in [-0.1, -0.05) is 18.3 Å². The van der Waals surface area contributed by atoms with Gasteiger partial charge in [-0.25, -0.2) is 0 Å². The monoisotopic (exact) mass is 229 g/mol. The van der Waals surface area contributed by atoms with Crippen molar-refractivity contribution in [3.05, 3.63) is 5.69 Å². The molecule has 0 aromatic carbocycles. The molecule has 1 aromatic heterocycles. The molecule has 0 atom stereocenters. The van der Waals surface area contributed by atoms with Gasteiger partial charge in [-0.05, 0) is 19.3 Å². The van der Waals surface area contributed by atoms with Crippen molar-refractivity contribution in [1.29, 1.82) is 0 Å². The molecule has 0 aliphatic carbocycles. The lowest BCUT2D eigenvalue weighted by molar-refractivity contribution is 0.108. The molecule has 0 bridgehead atoms. The first kappa shape index (κ1) is 12.4. The second-order valence-electron chi connectivity index (χ2n) is 3.81. The van der Waals surface area contributed by atoms with Crippen molar-refractivity contribution in [2.24, 2.45) is 5.92 Å². The number of ether oxygens (including phenoxy) is 1. The van der Waals surface area contributed by atoms with Crippen LogP contribution in [0.4, 0.5) is 5.00 Å². The molecule has 0 aliphatic heterocycles. The summed E-state index contributed by atoms with van der Waals surface area (Å²) in [5, 5.41) is 8.28. The third-order valence-electron chi connectivity index (χ3n) is 1.97. The number of hydrogen-bond donors (Lipinski definition) is 1. The van der Waals surface area contributed by atoms with Crippen LogP contribution in [-0.4, -0.2) is 22.7 Å². The minimum Gasteiger partial charge on any atom is -0.375 e. The highest BCUT2D eigenvalue weighted by molar-refractivity contribution is 7.10. The Labute approximate surface area is 95.2 Å². The quantitative estimate of drug-likeness (QED) is 0.730. The topological polar surface area (TPSA) is 47.0 Å². The summed E-state index contributed by atoms with van der Waals surface area (Å²) in [4.78, 5) is 0. The zero-order valence-electron chi connectivity index (χ0n) is 9.62. The Balaban J connectivity index is 2.27. The molecule has 86 valence electrons. The summed E-state index contributed by atoms with van der Waals surface area (Å²) in [7, 11) is 0. The van der Waals surface area contributed by atoms with Crippen LogP contribution in [0.15, 0.2) is 0 Å². The van der Waals surface area contributed by atoms with E-state index < -0.39 is 0 Å². The Morgan fingerprint density at radius 1 is 1.47 bits per heavy atom. The highest BCUT2D eigenvalue weighted by atomic mass is 32.1. The Bertz CT molecular complexity index is 275. The lowest BCUT2D eigenvalue weighted by Gasteiger charge is -2.06. The molecule has 1 aromatic rings. The first-order valence-electron chi connectivity index (χ1n) is 5.36. The second-order valence-corrected chi connectivity index (χ2v) is 4.57. The number of aromatic nitrogens is 2. The molecule has 0 spiro atoms. The molecule has 0 radical (unpaired) electrons. The SMILES string of the molecule is CCNc1snnc1COCCC(C)C. The van der Waals surface area contributed by atoms with E-state index in [9.17, 15) is 0 Å². The van der Waals surface area contributed by atoms with Gasteiger partial charge in [0.25, 0.3) is 0 Å². The second kappa shape index (κ2) is 6.74. The molecular weight excluding hydrogens is 210 g/mol. The van der Waals surface area contributed by atoms with Gasteiger partial charge in [0, 0.05) is 24.7 Å². The molecule has 0 amide bonds. The average molecular weight is 229 g/mol. The van der Waals surface area contributed by atoms with E-state index in [0.717, 1.165) is 30.3 Å². The van der Waals surface area contributed by atoms with E-state index >= 15 is 0 Å². The Morgan fingerprint density at radius 3 is 2.93 bits per heavy atom. The van der Waals surface area contributed by atoms with Gasteiger partial charge in [0.2, 0.25) is 0 Å². The summed E-state index contributed by atoms with van der Waals surface area (Å²) in [6, 6.07) is 0. The largest absolute Gasteiger partial charge is 0.375 e. The summed E-state index contributed by atoms with van der Waals surface area (Å²) in [6.07, 6.45) is 1.09. The number of hydrogen-bond acceptors (Lipinski definition) is 5. The van der Waals surface area contributed by atoms with Crippen molar-refractivity contribution in [2.75, 3.05) is 18.5 Å². The van der Waals surface area contributed by atoms with Crippen molar-refractivity contribution in [1.82, 2.24) is 9.59 Å².